The highest BCUT2D eigenvalue weighted by Gasteiger charge is 2.17. The van der Waals surface area contributed by atoms with Crippen LogP contribution in [-0.2, 0) is 0 Å². The van der Waals surface area contributed by atoms with Crippen LogP contribution in [0.5, 0.6) is 0 Å². The topological polar surface area (TPSA) is 12.0 Å². The molecular weight excluding hydrogens is 291 g/mol. The number of anilines is 1. The molecule has 0 heterocycles. The van der Waals surface area contributed by atoms with E-state index in [9.17, 15) is 8.78 Å². The Kier molecular flexibility index (Phi) is 4.27. The molecule has 0 aromatic heterocycles. The Bertz CT molecular complexity index is 561. The summed E-state index contributed by atoms with van der Waals surface area (Å²) in [5, 5.41) is 3.73. The van der Waals surface area contributed by atoms with E-state index >= 15 is 0 Å². The maximum atomic E-state index is 13.7. The fraction of sp³-hybridized carbons (Fsp3) is 0.143. The first-order chi connectivity index (χ1) is 9.00. The summed E-state index contributed by atoms with van der Waals surface area (Å²) in [5.41, 5.74) is 0.416. The highest BCUT2D eigenvalue weighted by molar-refractivity contribution is 6.39. The Hall–Kier alpha value is -1.32. The molecule has 1 nitrogen and oxygen atoms in total. The van der Waals surface area contributed by atoms with Crippen molar-refractivity contribution in [3.63, 3.8) is 0 Å². The predicted octanol–water partition coefficient (Wildman–Crippen LogP) is 5.44. The summed E-state index contributed by atoms with van der Waals surface area (Å²) in [7, 11) is 0. The van der Waals surface area contributed by atoms with E-state index < -0.39 is 17.7 Å². The van der Waals surface area contributed by atoms with Crippen molar-refractivity contribution >= 4 is 28.9 Å². The first kappa shape index (κ1) is 14.1. The Morgan fingerprint density at radius 2 is 1.42 bits per heavy atom. The van der Waals surface area contributed by atoms with Gasteiger partial charge in [-0.05, 0) is 31.2 Å². The Labute approximate surface area is 120 Å². The monoisotopic (exact) mass is 301 g/mol. The lowest BCUT2D eigenvalue weighted by Crippen LogP contribution is -2.11. The van der Waals surface area contributed by atoms with E-state index in [1.165, 1.54) is 18.2 Å². The van der Waals surface area contributed by atoms with E-state index in [-0.39, 0.29) is 5.56 Å². The third kappa shape index (κ3) is 2.99. The molecule has 5 heteroatoms. The molecule has 0 fully saturated rings. The van der Waals surface area contributed by atoms with Gasteiger partial charge >= 0.3 is 0 Å². The van der Waals surface area contributed by atoms with Crippen LogP contribution in [0.25, 0.3) is 0 Å². The number of hydrogen-bond donors (Lipinski definition) is 1. The lowest BCUT2D eigenvalue weighted by Gasteiger charge is -2.18. The van der Waals surface area contributed by atoms with Gasteiger partial charge in [-0.1, -0.05) is 35.3 Å². The first-order valence-electron chi connectivity index (χ1n) is 5.65. The second-order valence-electron chi connectivity index (χ2n) is 4.10. The second kappa shape index (κ2) is 5.76. The van der Waals surface area contributed by atoms with Gasteiger partial charge in [0.15, 0.2) is 0 Å². The van der Waals surface area contributed by atoms with Crippen LogP contribution in [0, 0.1) is 11.6 Å². The van der Waals surface area contributed by atoms with Gasteiger partial charge in [0.25, 0.3) is 0 Å². The van der Waals surface area contributed by atoms with Crippen LogP contribution in [0.15, 0.2) is 36.4 Å². The molecule has 100 valence electrons. The van der Waals surface area contributed by atoms with Gasteiger partial charge < -0.3 is 5.32 Å². The molecule has 1 unspecified atom stereocenters. The molecule has 2 aromatic rings. The van der Waals surface area contributed by atoms with Crippen LogP contribution >= 0.6 is 23.2 Å². The summed E-state index contributed by atoms with van der Waals surface area (Å²) < 4.78 is 27.3. The van der Waals surface area contributed by atoms with Gasteiger partial charge in [0.1, 0.15) is 11.6 Å². The summed E-state index contributed by atoms with van der Waals surface area (Å²) in [4.78, 5) is 0. The van der Waals surface area contributed by atoms with Crippen LogP contribution < -0.4 is 5.32 Å². The average molecular weight is 302 g/mol. The molecule has 0 aliphatic heterocycles. The van der Waals surface area contributed by atoms with Crippen molar-refractivity contribution in [1.82, 2.24) is 0 Å². The molecule has 0 saturated heterocycles. The molecule has 2 rings (SSSR count). The third-order valence-corrected chi connectivity index (χ3v) is 3.39. The zero-order valence-electron chi connectivity index (χ0n) is 10.1. The SMILES string of the molecule is CC(Nc1c(Cl)cccc1Cl)c1c(F)cccc1F. The maximum Gasteiger partial charge on any atom is 0.131 e. The van der Waals surface area contributed by atoms with Gasteiger partial charge in [0.2, 0.25) is 0 Å². The van der Waals surface area contributed by atoms with Crippen LogP contribution in [-0.4, -0.2) is 0 Å². The smallest absolute Gasteiger partial charge is 0.131 e. The van der Waals surface area contributed by atoms with Crippen molar-refractivity contribution in [1.29, 1.82) is 0 Å². The number of hydrogen-bond acceptors (Lipinski definition) is 1. The van der Waals surface area contributed by atoms with Crippen molar-refractivity contribution in [2.24, 2.45) is 0 Å². The van der Waals surface area contributed by atoms with Crippen molar-refractivity contribution in [2.75, 3.05) is 5.32 Å². The van der Waals surface area contributed by atoms with Crippen molar-refractivity contribution in [2.45, 2.75) is 13.0 Å². The van der Waals surface area contributed by atoms with Crippen LogP contribution in [0.4, 0.5) is 14.5 Å². The van der Waals surface area contributed by atoms with E-state index in [2.05, 4.69) is 5.32 Å². The van der Waals surface area contributed by atoms with E-state index in [0.29, 0.717) is 15.7 Å². The molecule has 19 heavy (non-hydrogen) atoms. The highest BCUT2D eigenvalue weighted by Crippen LogP contribution is 2.33. The number of benzene rings is 2. The van der Waals surface area contributed by atoms with E-state index in [0.717, 1.165) is 0 Å². The molecule has 0 aliphatic rings. The summed E-state index contributed by atoms with van der Waals surface area (Å²) in [5.74, 6) is -1.22. The van der Waals surface area contributed by atoms with Gasteiger partial charge in [-0.25, -0.2) is 8.78 Å². The Morgan fingerprint density at radius 3 is 1.95 bits per heavy atom. The predicted molar refractivity (Wildman–Crippen MR) is 74.9 cm³/mol. The molecule has 0 aliphatic carbocycles. The third-order valence-electron chi connectivity index (χ3n) is 2.76. The zero-order chi connectivity index (χ0) is 14.0. The maximum absolute atomic E-state index is 13.7. The number of halogens is 4. The average Bonchev–Trinajstić information content (AvgIpc) is 2.34. The van der Waals surface area contributed by atoms with Gasteiger partial charge in [-0.3, -0.25) is 0 Å². The van der Waals surface area contributed by atoms with Crippen LogP contribution in [0.1, 0.15) is 18.5 Å². The standard InChI is InChI=1S/C14H11Cl2F2N/c1-8(13-11(17)6-3-7-12(13)18)19-14-9(15)4-2-5-10(14)16/h2-8,19H,1H3. The summed E-state index contributed by atoms with van der Waals surface area (Å²) >= 11 is 12.0. The number of rotatable bonds is 3. The largest absolute Gasteiger partial charge is 0.376 e. The van der Waals surface area contributed by atoms with Gasteiger partial charge in [-0.15, -0.1) is 0 Å². The number of para-hydroxylation sites is 1. The van der Waals surface area contributed by atoms with Crippen molar-refractivity contribution < 1.29 is 8.78 Å². The summed E-state index contributed by atoms with van der Waals surface area (Å²) in [6, 6.07) is 8.16. The molecule has 1 atom stereocenters. The summed E-state index contributed by atoms with van der Waals surface area (Å²) in [6.07, 6.45) is 0. The molecule has 2 aromatic carbocycles. The molecular formula is C14H11Cl2F2N. The van der Waals surface area contributed by atoms with Gasteiger partial charge in [0, 0.05) is 5.56 Å². The van der Waals surface area contributed by atoms with Crippen LogP contribution in [0.3, 0.4) is 0 Å². The summed E-state index contributed by atoms with van der Waals surface area (Å²) in [6.45, 7) is 1.64. The zero-order valence-corrected chi connectivity index (χ0v) is 11.6. The van der Waals surface area contributed by atoms with Crippen LogP contribution in [0.2, 0.25) is 10.0 Å². The Morgan fingerprint density at radius 1 is 0.947 bits per heavy atom. The quantitative estimate of drug-likeness (QED) is 0.795. The second-order valence-corrected chi connectivity index (χ2v) is 4.91. The molecule has 0 saturated carbocycles. The molecule has 0 amide bonds. The van der Waals surface area contributed by atoms with Crippen molar-refractivity contribution in [3.05, 3.63) is 63.6 Å². The fourth-order valence-corrected chi connectivity index (χ4v) is 2.36. The van der Waals surface area contributed by atoms with E-state index in [1.807, 2.05) is 0 Å². The Balaban J connectivity index is 2.34. The normalized spacial score (nSPS) is 12.3. The molecule has 1 N–H and O–H groups in total. The minimum atomic E-state index is -0.608. The lowest BCUT2D eigenvalue weighted by atomic mass is 10.1. The van der Waals surface area contributed by atoms with E-state index in [1.54, 1.807) is 25.1 Å². The van der Waals surface area contributed by atoms with Gasteiger partial charge in [0.05, 0.1) is 21.8 Å². The van der Waals surface area contributed by atoms with Crippen molar-refractivity contribution in [3.8, 4) is 0 Å². The van der Waals surface area contributed by atoms with E-state index in [4.69, 9.17) is 23.2 Å². The number of nitrogens with one attached hydrogen (secondary N) is 1. The minimum absolute atomic E-state index is 0.0431. The van der Waals surface area contributed by atoms with Gasteiger partial charge in [-0.2, -0.15) is 0 Å². The highest BCUT2D eigenvalue weighted by atomic mass is 35.5. The molecule has 0 radical (unpaired) electrons. The minimum Gasteiger partial charge on any atom is -0.376 e. The lowest BCUT2D eigenvalue weighted by molar-refractivity contribution is 0.544. The first-order valence-corrected chi connectivity index (χ1v) is 6.40. The fourth-order valence-electron chi connectivity index (χ4n) is 1.85. The molecule has 0 spiro atoms. The molecule has 0 bridgehead atoms.